The van der Waals surface area contributed by atoms with Crippen LogP contribution in [0.1, 0.15) is 29.6 Å². The van der Waals surface area contributed by atoms with Gasteiger partial charge < -0.3 is 0 Å². The molecular formula is C11H10ClF2NO3. The van der Waals surface area contributed by atoms with Gasteiger partial charge in [-0.15, -0.1) is 11.6 Å². The standard InChI is InChI=1S/C11H10ClF2NO3/c12-6-2-1-3-9(16)10-7(13)4-5-8(11(10)14)15(17)18/h4-5H,1-3,6H2. The number of hydrogen-bond acceptors (Lipinski definition) is 3. The maximum absolute atomic E-state index is 13.6. The number of Topliss-reactive ketones (excluding diaryl/α,β-unsaturated/α-hetero) is 1. The molecule has 0 saturated carbocycles. The van der Waals surface area contributed by atoms with Crippen molar-refractivity contribution in [2.45, 2.75) is 19.3 Å². The number of nitro benzene ring substituents is 1. The number of benzene rings is 1. The zero-order chi connectivity index (χ0) is 13.7. The van der Waals surface area contributed by atoms with Crippen LogP contribution in [0.5, 0.6) is 0 Å². The normalized spacial score (nSPS) is 10.4. The van der Waals surface area contributed by atoms with E-state index in [9.17, 15) is 23.7 Å². The van der Waals surface area contributed by atoms with Crippen molar-refractivity contribution in [2.75, 3.05) is 5.88 Å². The number of carbonyl (C=O) groups excluding carboxylic acids is 1. The highest BCUT2D eigenvalue weighted by atomic mass is 35.5. The first-order valence-corrected chi connectivity index (χ1v) is 5.74. The first-order chi connectivity index (χ1) is 8.49. The van der Waals surface area contributed by atoms with E-state index in [-0.39, 0.29) is 6.42 Å². The highest BCUT2D eigenvalue weighted by Gasteiger charge is 2.25. The van der Waals surface area contributed by atoms with Crippen molar-refractivity contribution in [3.63, 3.8) is 0 Å². The third kappa shape index (κ3) is 3.22. The SMILES string of the molecule is O=C(CCCCCl)c1c(F)ccc([N+](=O)[O-])c1F. The smallest absolute Gasteiger partial charge is 0.294 e. The van der Waals surface area contributed by atoms with E-state index in [0.29, 0.717) is 24.8 Å². The molecule has 0 spiro atoms. The number of ketones is 1. The van der Waals surface area contributed by atoms with Crippen molar-refractivity contribution >= 4 is 23.1 Å². The Morgan fingerprint density at radius 3 is 2.56 bits per heavy atom. The number of nitrogens with zero attached hydrogens (tertiary/aromatic N) is 1. The van der Waals surface area contributed by atoms with E-state index in [1.807, 2.05) is 0 Å². The first-order valence-electron chi connectivity index (χ1n) is 5.20. The topological polar surface area (TPSA) is 60.2 Å². The van der Waals surface area contributed by atoms with Crippen LogP contribution < -0.4 is 0 Å². The Labute approximate surface area is 107 Å². The molecule has 0 amide bonds. The molecule has 0 unspecified atom stereocenters. The lowest BCUT2D eigenvalue weighted by atomic mass is 10.0. The largest absolute Gasteiger partial charge is 0.305 e. The van der Waals surface area contributed by atoms with Crippen molar-refractivity contribution < 1.29 is 18.5 Å². The van der Waals surface area contributed by atoms with Crippen LogP contribution in [-0.2, 0) is 0 Å². The minimum Gasteiger partial charge on any atom is -0.294 e. The molecule has 18 heavy (non-hydrogen) atoms. The lowest BCUT2D eigenvalue weighted by molar-refractivity contribution is -0.387. The van der Waals surface area contributed by atoms with Gasteiger partial charge in [-0.25, -0.2) is 4.39 Å². The molecule has 1 rings (SSSR count). The third-order valence-corrected chi connectivity index (χ3v) is 2.60. The van der Waals surface area contributed by atoms with Gasteiger partial charge in [0.2, 0.25) is 5.82 Å². The summed E-state index contributed by atoms with van der Waals surface area (Å²) in [6.45, 7) is 0. The minimum absolute atomic E-state index is 0.0955. The summed E-state index contributed by atoms with van der Waals surface area (Å²) in [5, 5.41) is 10.5. The Morgan fingerprint density at radius 1 is 1.33 bits per heavy atom. The van der Waals surface area contributed by atoms with E-state index >= 15 is 0 Å². The number of unbranched alkanes of at least 4 members (excludes halogenated alkanes) is 1. The Morgan fingerprint density at radius 2 is 2.00 bits per heavy atom. The van der Waals surface area contributed by atoms with E-state index in [4.69, 9.17) is 11.6 Å². The van der Waals surface area contributed by atoms with E-state index in [1.165, 1.54) is 0 Å². The molecule has 0 N–H and O–H groups in total. The van der Waals surface area contributed by atoms with Crippen LogP contribution >= 0.6 is 11.6 Å². The van der Waals surface area contributed by atoms with Crippen LogP contribution in [0.4, 0.5) is 14.5 Å². The minimum atomic E-state index is -1.42. The summed E-state index contributed by atoms with van der Waals surface area (Å²) < 4.78 is 27.0. The quantitative estimate of drug-likeness (QED) is 0.263. The monoisotopic (exact) mass is 277 g/mol. The molecule has 0 radical (unpaired) electrons. The van der Waals surface area contributed by atoms with Gasteiger partial charge in [-0.05, 0) is 18.9 Å². The second-order valence-corrected chi connectivity index (χ2v) is 3.96. The van der Waals surface area contributed by atoms with E-state index in [0.717, 1.165) is 6.07 Å². The van der Waals surface area contributed by atoms with Crippen molar-refractivity contribution in [3.05, 3.63) is 39.4 Å². The summed E-state index contributed by atoms with van der Waals surface area (Å²) in [5.41, 5.74) is -1.75. The molecular weight excluding hydrogens is 268 g/mol. The molecule has 98 valence electrons. The summed E-state index contributed by atoms with van der Waals surface area (Å²) in [7, 11) is 0. The average molecular weight is 278 g/mol. The van der Waals surface area contributed by atoms with E-state index < -0.39 is 33.6 Å². The lowest BCUT2D eigenvalue weighted by Gasteiger charge is -2.04. The van der Waals surface area contributed by atoms with Gasteiger partial charge >= 0.3 is 5.69 Å². The Hall–Kier alpha value is -1.56. The highest BCUT2D eigenvalue weighted by molar-refractivity contribution is 6.17. The molecule has 7 heteroatoms. The fourth-order valence-corrected chi connectivity index (χ4v) is 1.63. The molecule has 0 bridgehead atoms. The second-order valence-electron chi connectivity index (χ2n) is 3.58. The van der Waals surface area contributed by atoms with Crippen molar-refractivity contribution in [2.24, 2.45) is 0 Å². The van der Waals surface area contributed by atoms with Gasteiger partial charge in [0.05, 0.1) is 10.5 Å². The number of hydrogen-bond donors (Lipinski definition) is 0. The summed E-state index contributed by atoms with van der Waals surface area (Å²) in [5.74, 6) is -2.96. The van der Waals surface area contributed by atoms with Gasteiger partial charge in [-0.1, -0.05) is 0 Å². The Bertz CT molecular complexity index is 480. The zero-order valence-electron chi connectivity index (χ0n) is 9.29. The zero-order valence-corrected chi connectivity index (χ0v) is 10.0. The van der Waals surface area contributed by atoms with Crippen LogP contribution in [0.15, 0.2) is 12.1 Å². The average Bonchev–Trinajstić information content (AvgIpc) is 2.28. The van der Waals surface area contributed by atoms with Crippen LogP contribution in [0, 0.1) is 21.7 Å². The number of carbonyl (C=O) groups is 1. The van der Waals surface area contributed by atoms with Gasteiger partial charge in [-0.3, -0.25) is 14.9 Å². The predicted octanol–water partition coefficient (Wildman–Crippen LogP) is 3.46. The fourth-order valence-electron chi connectivity index (χ4n) is 1.44. The first kappa shape index (κ1) is 14.5. The van der Waals surface area contributed by atoms with Crippen molar-refractivity contribution in [1.29, 1.82) is 0 Å². The summed E-state index contributed by atoms with van der Waals surface area (Å²) in [6, 6.07) is 1.41. The summed E-state index contributed by atoms with van der Waals surface area (Å²) in [6.07, 6.45) is 0.817. The molecule has 0 aliphatic heterocycles. The van der Waals surface area contributed by atoms with E-state index in [1.54, 1.807) is 0 Å². The molecule has 4 nitrogen and oxygen atoms in total. The third-order valence-electron chi connectivity index (χ3n) is 2.33. The molecule has 0 heterocycles. The summed E-state index contributed by atoms with van der Waals surface area (Å²) >= 11 is 5.41. The van der Waals surface area contributed by atoms with Crippen LogP contribution in [0.25, 0.3) is 0 Å². The number of nitro groups is 1. The molecule has 0 aromatic heterocycles. The highest BCUT2D eigenvalue weighted by Crippen LogP contribution is 2.24. The van der Waals surface area contributed by atoms with Gasteiger partial charge in [0, 0.05) is 18.4 Å². The molecule has 1 aromatic rings. The molecule has 0 aliphatic rings. The fraction of sp³-hybridized carbons (Fsp3) is 0.364. The number of rotatable bonds is 6. The predicted molar refractivity (Wildman–Crippen MR) is 61.9 cm³/mol. The van der Waals surface area contributed by atoms with Crippen molar-refractivity contribution in [3.8, 4) is 0 Å². The number of alkyl halides is 1. The summed E-state index contributed by atoms with van der Waals surface area (Å²) in [4.78, 5) is 21.1. The van der Waals surface area contributed by atoms with Crippen LogP contribution in [0.2, 0.25) is 0 Å². The molecule has 1 aromatic carbocycles. The molecule has 0 aliphatic carbocycles. The molecule has 0 saturated heterocycles. The van der Waals surface area contributed by atoms with Crippen molar-refractivity contribution in [1.82, 2.24) is 0 Å². The van der Waals surface area contributed by atoms with Crippen LogP contribution in [0.3, 0.4) is 0 Å². The Kier molecular flexibility index (Phi) is 5.15. The van der Waals surface area contributed by atoms with Gasteiger partial charge in [-0.2, -0.15) is 4.39 Å². The maximum atomic E-state index is 13.6. The van der Waals surface area contributed by atoms with Gasteiger partial charge in [0.15, 0.2) is 5.78 Å². The molecule has 0 fully saturated rings. The van der Waals surface area contributed by atoms with Gasteiger partial charge in [0.1, 0.15) is 5.82 Å². The Balaban J connectivity index is 3.03. The second kappa shape index (κ2) is 6.39. The van der Waals surface area contributed by atoms with E-state index in [2.05, 4.69) is 0 Å². The van der Waals surface area contributed by atoms with Gasteiger partial charge in [0.25, 0.3) is 0 Å². The maximum Gasteiger partial charge on any atom is 0.305 e. The number of halogens is 3. The lowest BCUT2D eigenvalue weighted by Crippen LogP contribution is -2.08. The van der Waals surface area contributed by atoms with Crippen LogP contribution in [-0.4, -0.2) is 16.6 Å². The molecule has 0 atom stereocenters.